The van der Waals surface area contributed by atoms with Gasteiger partial charge in [0.25, 0.3) is 0 Å². The third-order valence-corrected chi connectivity index (χ3v) is 4.42. The molecule has 0 radical (unpaired) electrons. The van der Waals surface area contributed by atoms with Crippen molar-refractivity contribution in [3.05, 3.63) is 0 Å². The van der Waals surface area contributed by atoms with Crippen LogP contribution in [0, 0.1) is 5.92 Å². The Hall–Kier alpha value is -0.570. The van der Waals surface area contributed by atoms with Gasteiger partial charge in [-0.15, -0.1) is 0 Å². The van der Waals surface area contributed by atoms with E-state index in [9.17, 15) is 4.79 Å². The molecule has 0 spiro atoms. The highest BCUT2D eigenvalue weighted by molar-refractivity contribution is 5.72. The quantitative estimate of drug-likeness (QED) is 0.783. The summed E-state index contributed by atoms with van der Waals surface area (Å²) in [6, 6.07) is 1.38. The fourth-order valence-corrected chi connectivity index (χ4v) is 3.36. The third-order valence-electron chi connectivity index (χ3n) is 4.42. The second kappa shape index (κ2) is 7.13. The van der Waals surface area contributed by atoms with Crippen molar-refractivity contribution in [2.24, 2.45) is 5.92 Å². The third kappa shape index (κ3) is 3.98. The van der Waals surface area contributed by atoms with E-state index in [1.54, 1.807) is 0 Å². The number of hydrogen-bond acceptors (Lipinski definition) is 3. The predicted octanol–water partition coefficient (Wildman–Crippen LogP) is 3.03. The van der Waals surface area contributed by atoms with E-state index in [-0.39, 0.29) is 11.9 Å². The van der Waals surface area contributed by atoms with Crippen molar-refractivity contribution in [2.45, 2.75) is 76.8 Å². The molecule has 0 unspecified atom stereocenters. The summed E-state index contributed by atoms with van der Waals surface area (Å²) in [6.07, 6.45) is 11.2. The maximum Gasteiger partial charge on any atom is 0.308 e. The van der Waals surface area contributed by atoms with Crippen LogP contribution in [-0.2, 0) is 9.53 Å². The minimum atomic E-state index is 0.0219. The van der Waals surface area contributed by atoms with Crippen molar-refractivity contribution < 1.29 is 9.53 Å². The van der Waals surface area contributed by atoms with Gasteiger partial charge in [-0.1, -0.05) is 19.3 Å². The Bertz CT molecular complexity index is 253. The zero-order chi connectivity index (χ0) is 12.8. The maximum absolute atomic E-state index is 11.7. The Labute approximate surface area is 111 Å². The van der Waals surface area contributed by atoms with E-state index in [1.807, 2.05) is 6.92 Å². The van der Waals surface area contributed by atoms with Crippen LogP contribution < -0.4 is 5.32 Å². The zero-order valence-electron chi connectivity index (χ0n) is 11.6. The van der Waals surface area contributed by atoms with Gasteiger partial charge in [0.1, 0.15) is 0 Å². The first kappa shape index (κ1) is 13.9. The van der Waals surface area contributed by atoms with Crippen molar-refractivity contribution in [3.63, 3.8) is 0 Å². The Morgan fingerprint density at radius 2 is 1.61 bits per heavy atom. The summed E-state index contributed by atoms with van der Waals surface area (Å²) in [5.41, 5.74) is 0. The van der Waals surface area contributed by atoms with Crippen LogP contribution in [0.25, 0.3) is 0 Å². The van der Waals surface area contributed by atoms with Gasteiger partial charge in [-0.3, -0.25) is 4.79 Å². The largest absolute Gasteiger partial charge is 0.466 e. The second-order valence-electron chi connectivity index (χ2n) is 5.80. The first-order chi connectivity index (χ1) is 8.79. The van der Waals surface area contributed by atoms with Gasteiger partial charge in [0.05, 0.1) is 12.5 Å². The summed E-state index contributed by atoms with van der Waals surface area (Å²) in [6.45, 7) is 2.40. The first-order valence-electron chi connectivity index (χ1n) is 7.72. The maximum atomic E-state index is 11.7. The first-order valence-corrected chi connectivity index (χ1v) is 7.72. The lowest BCUT2D eigenvalue weighted by molar-refractivity contribution is -0.149. The van der Waals surface area contributed by atoms with E-state index in [1.165, 1.54) is 32.1 Å². The van der Waals surface area contributed by atoms with Crippen LogP contribution >= 0.6 is 0 Å². The minimum absolute atomic E-state index is 0.0219. The van der Waals surface area contributed by atoms with E-state index in [2.05, 4.69) is 5.32 Å². The Balaban J connectivity index is 1.68. The van der Waals surface area contributed by atoms with E-state index in [0.29, 0.717) is 12.6 Å². The van der Waals surface area contributed by atoms with Crippen LogP contribution in [-0.4, -0.2) is 24.7 Å². The van der Waals surface area contributed by atoms with Crippen molar-refractivity contribution in [3.8, 4) is 0 Å². The molecule has 0 amide bonds. The van der Waals surface area contributed by atoms with Gasteiger partial charge in [-0.25, -0.2) is 0 Å². The minimum Gasteiger partial charge on any atom is -0.466 e. The molecule has 0 aromatic carbocycles. The van der Waals surface area contributed by atoms with Gasteiger partial charge < -0.3 is 10.1 Å². The lowest BCUT2D eigenvalue weighted by Gasteiger charge is -2.32. The van der Waals surface area contributed by atoms with Crippen LogP contribution in [0.5, 0.6) is 0 Å². The predicted molar refractivity (Wildman–Crippen MR) is 72.4 cm³/mol. The number of carbonyl (C=O) groups excluding carboxylic acids is 1. The molecule has 0 aromatic rings. The summed E-state index contributed by atoms with van der Waals surface area (Å²) in [4.78, 5) is 11.7. The molecule has 3 heteroatoms. The monoisotopic (exact) mass is 253 g/mol. The summed E-state index contributed by atoms with van der Waals surface area (Å²) in [7, 11) is 0. The fourth-order valence-electron chi connectivity index (χ4n) is 3.36. The highest BCUT2D eigenvalue weighted by Gasteiger charge is 2.28. The molecule has 2 aliphatic carbocycles. The zero-order valence-corrected chi connectivity index (χ0v) is 11.6. The van der Waals surface area contributed by atoms with Crippen LogP contribution in [0.1, 0.15) is 64.7 Å². The fraction of sp³-hybridized carbons (Fsp3) is 0.933. The molecule has 0 aromatic heterocycles. The van der Waals surface area contributed by atoms with Crippen LogP contribution in [0.15, 0.2) is 0 Å². The average Bonchev–Trinajstić information content (AvgIpc) is 2.41. The topological polar surface area (TPSA) is 38.3 Å². The van der Waals surface area contributed by atoms with Gasteiger partial charge in [-0.05, 0) is 45.4 Å². The molecule has 0 aliphatic heterocycles. The Morgan fingerprint density at radius 1 is 1.00 bits per heavy atom. The molecule has 0 saturated heterocycles. The Kier molecular flexibility index (Phi) is 5.48. The van der Waals surface area contributed by atoms with Crippen LogP contribution in [0.2, 0.25) is 0 Å². The standard InChI is InChI=1S/C15H27NO2/c1-2-18-15(17)12-8-10-14(11-9-12)16-13-6-4-3-5-7-13/h12-14,16H,2-11H2,1H3. The van der Waals surface area contributed by atoms with Gasteiger partial charge in [-0.2, -0.15) is 0 Å². The van der Waals surface area contributed by atoms with Crippen molar-refractivity contribution >= 4 is 5.97 Å². The van der Waals surface area contributed by atoms with E-state index in [0.717, 1.165) is 31.7 Å². The van der Waals surface area contributed by atoms with Gasteiger partial charge in [0.2, 0.25) is 0 Å². The molecule has 2 saturated carbocycles. The molecular weight excluding hydrogens is 226 g/mol. The number of nitrogens with one attached hydrogen (secondary N) is 1. The summed E-state index contributed by atoms with van der Waals surface area (Å²) >= 11 is 0. The SMILES string of the molecule is CCOC(=O)C1CCC(NC2CCCCC2)CC1. The van der Waals surface area contributed by atoms with Gasteiger partial charge in [0.15, 0.2) is 0 Å². The normalized spacial score (nSPS) is 30.1. The van der Waals surface area contributed by atoms with Crippen molar-refractivity contribution in [1.82, 2.24) is 5.32 Å². The molecule has 0 bridgehead atoms. The van der Waals surface area contributed by atoms with Crippen molar-refractivity contribution in [1.29, 1.82) is 0 Å². The van der Waals surface area contributed by atoms with Gasteiger partial charge >= 0.3 is 5.97 Å². The lowest BCUT2D eigenvalue weighted by Crippen LogP contribution is -2.42. The van der Waals surface area contributed by atoms with E-state index < -0.39 is 0 Å². The van der Waals surface area contributed by atoms with Crippen molar-refractivity contribution in [2.75, 3.05) is 6.61 Å². The van der Waals surface area contributed by atoms with Crippen LogP contribution in [0.3, 0.4) is 0 Å². The molecule has 3 nitrogen and oxygen atoms in total. The molecule has 104 valence electrons. The molecule has 2 fully saturated rings. The highest BCUT2D eigenvalue weighted by Crippen LogP contribution is 2.27. The van der Waals surface area contributed by atoms with Gasteiger partial charge in [0, 0.05) is 12.1 Å². The molecule has 2 rings (SSSR count). The molecule has 18 heavy (non-hydrogen) atoms. The highest BCUT2D eigenvalue weighted by atomic mass is 16.5. The summed E-state index contributed by atoms with van der Waals surface area (Å²) in [5, 5.41) is 3.80. The van der Waals surface area contributed by atoms with E-state index >= 15 is 0 Å². The van der Waals surface area contributed by atoms with Crippen LogP contribution in [0.4, 0.5) is 0 Å². The summed E-state index contributed by atoms with van der Waals surface area (Å²) in [5.74, 6) is 0.183. The smallest absolute Gasteiger partial charge is 0.308 e. The molecular formula is C15H27NO2. The molecule has 1 N–H and O–H groups in total. The number of rotatable bonds is 4. The summed E-state index contributed by atoms with van der Waals surface area (Å²) < 4.78 is 5.11. The average molecular weight is 253 g/mol. The number of hydrogen-bond donors (Lipinski definition) is 1. The lowest BCUT2D eigenvalue weighted by atomic mass is 9.85. The number of carbonyl (C=O) groups is 1. The number of esters is 1. The molecule has 2 aliphatic rings. The number of ether oxygens (including phenoxy) is 1. The molecule has 0 atom stereocenters. The van der Waals surface area contributed by atoms with E-state index in [4.69, 9.17) is 4.74 Å². The second-order valence-corrected chi connectivity index (χ2v) is 5.80. The molecule has 0 heterocycles. The Morgan fingerprint density at radius 3 is 2.22 bits per heavy atom.